The normalized spacial score (nSPS) is 13.9. The van der Waals surface area contributed by atoms with Gasteiger partial charge >= 0.3 is 0 Å². The largest absolute Gasteiger partial charge is 0.309 e. The van der Waals surface area contributed by atoms with Gasteiger partial charge < -0.3 is 9.13 Å². The van der Waals surface area contributed by atoms with Gasteiger partial charge in [0.2, 0.25) is 0 Å². The van der Waals surface area contributed by atoms with Crippen LogP contribution in [-0.2, 0) is 0 Å². The third-order valence-electron chi connectivity index (χ3n) is 12.6. The molecule has 0 fully saturated rings. The third kappa shape index (κ3) is 6.28. The molecule has 0 amide bonds. The van der Waals surface area contributed by atoms with Crippen LogP contribution in [0.2, 0.25) is 0 Å². The number of para-hydroxylation sites is 3. The van der Waals surface area contributed by atoms with Crippen molar-refractivity contribution in [3.05, 3.63) is 229 Å². The number of rotatable bonds is 7. The van der Waals surface area contributed by atoms with Crippen LogP contribution in [0.5, 0.6) is 0 Å². The SMILES string of the molecule is Cc1ccccc1-n1c2ccccc2c2cc(-c3ccc(-n4c5ccccc5c5c(C6=CC(c7nc(-c8ccccc8)nc(-c8ccccc8)n7)CC=C6)cccc54)cc3)ccc21. The van der Waals surface area contributed by atoms with E-state index in [4.69, 9.17) is 15.0 Å². The second-order valence-electron chi connectivity index (χ2n) is 16.4. The predicted octanol–water partition coefficient (Wildman–Crippen LogP) is 14.5. The monoisotopic (exact) mass is 807 g/mol. The summed E-state index contributed by atoms with van der Waals surface area (Å²) in [7, 11) is 0. The summed E-state index contributed by atoms with van der Waals surface area (Å²) in [6.45, 7) is 2.19. The van der Waals surface area contributed by atoms with Gasteiger partial charge in [-0.1, -0.05) is 164 Å². The van der Waals surface area contributed by atoms with Gasteiger partial charge in [0.05, 0.1) is 22.1 Å². The first-order valence-electron chi connectivity index (χ1n) is 21.6. The summed E-state index contributed by atoms with van der Waals surface area (Å²) >= 11 is 0. The molecule has 0 aliphatic heterocycles. The van der Waals surface area contributed by atoms with Crippen molar-refractivity contribution in [1.29, 1.82) is 0 Å². The van der Waals surface area contributed by atoms with Crippen molar-refractivity contribution in [2.45, 2.75) is 19.3 Å². The summed E-state index contributed by atoms with van der Waals surface area (Å²) < 4.78 is 4.81. The highest BCUT2D eigenvalue weighted by molar-refractivity contribution is 6.15. The Morgan fingerprint density at radius 2 is 1.06 bits per heavy atom. The molecule has 0 radical (unpaired) electrons. The zero-order chi connectivity index (χ0) is 41.9. The first-order chi connectivity index (χ1) is 31.2. The Hall–Kier alpha value is -8.15. The van der Waals surface area contributed by atoms with E-state index in [0.29, 0.717) is 11.6 Å². The molecular formula is C58H41N5. The molecule has 1 atom stereocenters. The smallest absolute Gasteiger partial charge is 0.163 e. The van der Waals surface area contributed by atoms with E-state index in [1.807, 2.05) is 36.4 Å². The standard InChI is InChI=1S/C58H41N5/c1-38-16-8-11-26-50(38)63-51-27-12-9-23-47(51)49-37-42(32-35-53(49)63)39-30-33-45(34-31-39)62-52-28-13-10-24-48(52)55-46(25-15-29-54(55)62)43-21-14-22-44(36-43)58-60-56(40-17-4-2-5-18-40)59-57(61-58)41-19-6-3-7-20-41/h2-21,23-37,44H,22H2,1H3. The summed E-state index contributed by atoms with van der Waals surface area (Å²) in [5, 5.41) is 4.96. The van der Waals surface area contributed by atoms with Gasteiger partial charge in [-0.3, -0.25) is 0 Å². The first-order valence-corrected chi connectivity index (χ1v) is 21.6. The van der Waals surface area contributed by atoms with Gasteiger partial charge in [0.1, 0.15) is 5.82 Å². The average Bonchev–Trinajstić information content (AvgIpc) is 3.87. The minimum absolute atomic E-state index is 0.0210. The highest BCUT2D eigenvalue weighted by Crippen LogP contribution is 2.41. The van der Waals surface area contributed by atoms with Gasteiger partial charge in [-0.25, -0.2) is 15.0 Å². The molecule has 1 aliphatic carbocycles. The Morgan fingerprint density at radius 3 is 1.79 bits per heavy atom. The molecule has 3 aromatic heterocycles. The molecule has 5 nitrogen and oxygen atoms in total. The molecule has 0 bridgehead atoms. The molecule has 12 rings (SSSR count). The molecular weight excluding hydrogens is 767 g/mol. The van der Waals surface area contributed by atoms with Crippen LogP contribution < -0.4 is 0 Å². The van der Waals surface area contributed by atoms with Crippen molar-refractivity contribution in [2.24, 2.45) is 0 Å². The Morgan fingerprint density at radius 1 is 0.460 bits per heavy atom. The van der Waals surface area contributed by atoms with Gasteiger partial charge in [-0.05, 0) is 89.7 Å². The average molecular weight is 808 g/mol. The third-order valence-corrected chi connectivity index (χ3v) is 12.6. The second-order valence-corrected chi connectivity index (χ2v) is 16.4. The van der Waals surface area contributed by atoms with Gasteiger partial charge in [0.25, 0.3) is 0 Å². The van der Waals surface area contributed by atoms with Crippen molar-refractivity contribution in [2.75, 3.05) is 0 Å². The molecule has 0 saturated heterocycles. The van der Waals surface area contributed by atoms with Crippen molar-refractivity contribution in [1.82, 2.24) is 24.1 Å². The Bertz CT molecular complexity index is 3540. The molecule has 11 aromatic rings. The number of allylic oxidation sites excluding steroid dienone is 4. The summed E-state index contributed by atoms with van der Waals surface area (Å²) in [5.74, 6) is 2.13. The van der Waals surface area contributed by atoms with Crippen LogP contribution in [0.4, 0.5) is 0 Å². The summed E-state index contributed by atoms with van der Waals surface area (Å²) in [6.07, 6.45) is 7.69. The van der Waals surface area contributed by atoms with Crippen LogP contribution in [0, 0.1) is 6.92 Å². The maximum absolute atomic E-state index is 5.10. The molecule has 5 heteroatoms. The zero-order valence-corrected chi connectivity index (χ0v) is 34.7. The molecule has 1 unspecified atom stereocenters. The van der Waals surface area contributed by atoms with E-state index in [1.165, 1.54) is 71.6 Å². The Labute approximate surface area is 365 Å². The van der Waals surface area contributed by atoms with Crippen LogP contribution in [0.3, 0.4) is 0 Å². The lowest BCUT2D eigenvalue weighted by molar-refractivity contribution is 0.766. The van der Waals surface area contributed by atoms with Crippen LogP contribution in [0.25, 0.3) is 94.5 Å². The number of aryl methyl sites for hydroxylation is 1. The first kappa shape index (κ1) is 36.7. The van der Waals surface area contributed by atoms with E-state index in [0.717, 1.165) is 34.6 Å². The highest BCUT2D eigenvalue weighted by atomic mass is 15.0. The van der Waals surface area contributed by atoms with E-state index in [1.54, 1.807) is 0 Å². The number of aromatic nitrogens is 5. The fourth-order valence-electron chi connectivity index (χ4n) is 9.60. The molecule has 1 aliphatic rings. The molecule has 8 aromatic carbocycles. The van der Waals surface area contributed by atoms with Gasteiger partial charge in [0, 0.05) is 50.0 Å². The van der Waals surface area contributed by atoms with Gasteiger partial charge in [-0.15, -0.1) is 0 Å². The van der Waals surface area contributed by atoms with E-state index in [2.05, 4.69) is 192 Å². The lowest BCUT2D eigenvalue weighted by Crippen LogP contribution is -2.08. The molecule has 0 N–H and O–H groups in total. The number of fused-ring (bicyclic) bond motifs is 6. The second kappa shape index (κ2) is 15.1. The molecule has 3 heterocycles. The van der Waals surface area contributed by atoms with Crippen LogP contribution in [0.15, 0.2) is 212 Å². The number of hydrogen-bond acceptors (Lipinski definition) is 3. The van der Waals surface area contributed by atoms with E-state index < -0.39 is 0 Å². The summed E-state index contributed by atoms with van der Waals surface area (Å²) in [5.41, 5.74) is 15.0. The number of nitrogens with zero attached hydrogens (tertiary/aromatic N) is 5. The summed E-state index contributed by atoms with van der Waals surface area (Å²) in [4.78, 5) is 15.2. The molecule has 298 valence electrons. The minimum atomic E-state index is -0.0210. The van der Waals surface area contributed by atoms with Crippen molar-refractivity contribution >= 4 is 49.2 Å². The number of benzene rings is 8. The number of hydrogen-bond donors (Lipinski definition) is 0. The zero-order valence-electron chi connectivity index (χ0n) is 34.7. The fourth-order valence-corrected chi connectivity index (χ4v) is 9.60. The van der Waals surface area contributed by atoms with Crippen LogP contribution in [-0.4, -0.2) is 24.1 Å². The Kier molecular flexibility index (Phi) is 8.78. The molecule has 0 spiro atoms. The maximum Gasteiger partial charge on any atom is 0.163 e. The van der Waals surface area contributed by atoms with E-state index in [9.17, 15) is 0 Å². The van der Waals surface area contributed by atoms with Gasteiger partial charge in [-0.2, -0.15) is 0 Å². The highest BCUT2D eigenvalue weighted by Gasteiger charge is 2.22. The van der Waals surface area contributed by atoms with Crippen LogP contribution in [0.1, 0.15) is 29.3 Å². The fraction of sp³-hybridized carbons (Fsp3) is 0.0517. The van der Waals surface area contributed by atoms with Crippen molar-refractivity contribution in [3.8, 4) is 45.3 Å². The maximum atomic E-state index is 5.10. The lowest BCUT2D eigenvalue weighted by atomic mass is 9.89. The van der Waals surface area contributed by atoms with Crippen molar-refractivity contribution < 1.29 is 0 Å². The predicted molar refractivity (Wildman–Crippen MR) is 260 cm³/mol. The Balaban J connectivity index is 0.936. The van der Waals surface area contributed by atoms with Gasteiger partial charge in [0.15, 0.2) is 11.6 Å². The van der Waals surface area contributed by atoms with E-state index in [-0.39, 0.29) is 5.92 Å². The van der Waals surface area contributed by atoms with Crippen molar-refractivity contribution in [3.63, 3.8) is 0 Å². The van der Waals surface area contributed by atoms with E-state index >= 15 is 0 Å². The quantitative estimate of drug-likeness (QED) is 0.161. The minimum Gasteiger partial charge on any atom is -0.309 e. The molecule has 63 heavy (non-hydrogen) atoms. The van der Waals surface area contributed by atoms with Crippen LogP contribution >= 0.6 is 0 Å². The lowest BCUT2D eigenvalue weighted by Gasteiger charge is -2.18. The summed E-state index contributed by atoms with van der Waals surface area (Å²) in [6, 6.07) is 69.2. The molecule has 0 saturated carbocycles. The topological polar surface area (TPSA) is 48.5 Å².